The second-order valence-corrected chi connectivity index (χ2v) is 9.56. The summed E-state index contributed by atoms with van der Waals surface area (Å²) < 4.78 is 3.50. The number of unbranched alkanes of at least 4 members (excludes halogenated alkanes) is 6. The molecule has 0 spiro atoms. The van der Waals surface area contributed by atoms with Crippen LogP contribution >= 0.6 is 11.3 Å². The van der Waals surface area contributed by atoms with Crippen molar-refractivity contribution < 1.29 is 0 Å². The van der Waals surface area contributed by atoms with E-state index in [2.05, 4.69) is 74.9 Å². The van der Waals surface area contributed by atoms with Crippen LogP contribution < -0.4 is 14.8 Å². The first-order chi connectivity index (χ1) is 14.0. The summed E-state index contributed by atoms with van der Waals surface area (Å²) in [6, 6.07) is 11.2. The van der Waals surface area contributed by atoms with Crippen molar-refractivity contribution in [3.8, 4) is 10.6 Å². The highest BCUT2D eigenvalue weighted by Gasteiger charge is 2.14. The quantitative estimate of drug-likeness (QED) is 0.252. The fraction of sp³-hybridized carbons (Fsp3) is 0.520. The summed E-state index contributed by atoms with van der Waals surface area (Å²) in [5.41, 5.74) is 4.87. The highest BCUT2D eigenvalue weighted by Crippen LogP contribution is 2.32. The summed E-state index contributed by atoms with van der Waals surface area (Å²) in [4.78, 5) is 8.40. The van der Waals surface area contributed by atoms with Crippen LogP contribution in [0.3, 0.4) is 0 Å². The molecule has 2 aliphatic rings. The molecule has 0 N–H and O–H groups in total. The lowest BCUT2D eigenvalue weighted by molar-refractivity contribution is 0.588. The number of hydrogen-bond donors (Lipinski definition) is 0. The topological polar surface area (TPSA) is 19.1 Å². The van der Waals surface area contributed by atoms with Crippen LogP contribution in [0, 0.1) is 0 Å². The normalized spacial score (nSPS) is 11.3. The second kappa shape index (κ2) is 10.2. The van der Waals surface area contributed by atoms with E-state index in [9.17, 15) is 0 Å². The standard InChI is InChI=1S/C25H36N3S/c1-6-7-8-9-10-11-12-13-19-16-22-25(18-23(19)28(4)5)29-24-17-20(27(2)3)14-15-21(24)26-22/h14-18H,6-13H2,1-5H3/q+1. The first-order valence-corrected chi connectivity index (χ1v) is 11.9. The average Bonchev–Trinajstić information content (AvgIpc) is 2.70. The fourth-order valence-electron chi connectivity index (χ4n) is 3.86. The summed E-state index contributed by atoms with van der Waals surface area (Å²) in [5, 5.41) is 1.34. The van der Waals surface area contributed by atoms with Gasteiger partial charge in [0, 0.05) is 31.4 Å². The molecule has 0 unspecified atom stereocenters. The lowest BCUT2D eigenvalue weighted by Crippen LogP contribution is -2.26. The van der Waals surface area contributed by atoms with E-state index >= 15 is 0 Å². The van der Waals surface area contributed by atoms with Crippen molar-refractivity contribution in [1.29, 1.82) is 0 Å². The SMILES string of the molecule is CCCCCCCCCc1cc2nc3ccc(N(C)C)cc3sc-2cc1=[N+](C)C. The molecule has 0 radical (unpaired) electrons. The zero-order valence-electron chi connectivity index (χ0n) is 18.8. The lowest BCUT2D eigenvalue weighted by Gasteiger charge is -2.14. The smallest absolute Gasteiger partial charge is 0.204 e. The number of aromatic nitrogens is 1. The van der Waals surface area contributed by atoms with E-state index < -0.39 is 0 Å². The summed E-state index contributed by atoms with van der Waals surface area (Å²) in [6.45, 7) is 2.28. The van der Waals surface area contributed by atoms with Crippen molar-refractivity contribution in [2.75, 3.05) is 33.1 Å². The van der Waals surface area contributed by atoms with Crippen molar-refractivity contribution >= 4 is 27.2 Å². The molecule has 1 aliphatic heterocycles. The number of aryl methyl sites for hydroxylation is 1. The van der Waals surface area contributed by atoms with Crippen LogP contribution in [0.1, 0.15) is 57.4 Å². The molecular formula is C25H36N3S+. The van der Waals surface area contributed by atoms with Crippen molar-refractivity contribution in [1.82, 2.24) is 9.56 Å². The van der Waals surface area contributed by atoms with Crippen molar-refractivity contribution in [2.45, 2.75) is 58.3 Å². The highest BCUT2D eigenvalue weighted by molar-refractivity contribution is 7.21. The molecule has 1 aromatic carbocycles. The van der Waals surface area contributed by atoms with Gasteiger partial charge >= 0.3 is 0 Å². The van der Waals surface area contributed by atoms with Gasteiger partial charge in [-0.2, -0.15) is 0 Å². The molecule has 156 valence electrons. The number of nitrogens with zero attached hydrogens (tertiary/aromatic N) is 3. The van der Waals surface area contributed by atoms with Crippen LogP contribution in [0.25, 0.3) is 20.8 Å². The molecule has 0 fully saturated rings. The van der Waals surface area contributed by atoms with E-state index in [1.54, 1.807) is 0 Å². The summed E-state index contributed by atoms with van der Waals surface area (Å²) in [6.07, 6.45) is 10.6. The van der Waals surface area contributed by atoms with Gasteiger partial charge in [-0.05, 0) is 37.1 Å². The molecule has 29 heavy (non-hydrogen) atoms. The zero-order valence-corrected chi connectivity index (χ0v) is 19.6. The Morgan fingerprint density at radius 1 is 0.931 bits per heavy atom. The Balaban J connectivity index is 1.86. The lowest BCUT2D eigenvalue weighted by atomic mass is 10.0. The first kappa shape index (κ1) is 21.8. The number of rotatable bonds is 9. The third-order valence-electron chi connectivity index (χ3n) is 5.61. The van der Waals surface area contributed by atoms with Gasteiger partial charge in [0.25, 0.3) is 0 Å². The molecule has 1 aliphatic carbocycles. The van der Waals surface area contributed by atoms with Gasteiger partial charge in [-0.1, -0.05) is 45.4 Å². The van der Waals surface area contributed by atoms with Crippen molar-refractivity contribution in [3.05, 3.63) is 41.3 Å². The Kier molecular flexibility index (Phi) is 7.65. The minimum absolute atomic E-state index is 1.09. The van der Waals surface area contributed by atoms with Crippen LogP contribution in [0.2, 0.25) is 0 Å². The molecule has 0 saturated heterocycles. The number of fused-ring (bicyclic) bond motifs is 2. The Hall–Kier alpha value is -1.94. The minimum atomic E-state index is 1.09. The van der Waals surface area contributed by atoms with E-state index in [0.717, 1.165) is 17.6 Å². The Bertz CT molecular complexity index is 983. The number of hydrogen-bond acceptors (Lipinski definition) is 3. The van der Waals surface area contributed by atoms with Crippen LogP contribution in [0.4, 0.5) is 5.69 Å². The maximum atomic E-state index is 4.99. The summed E-state index contributed by atoms with van der Waals surface area (Å²) in [7, 11) is 8.47. The number of benzene rings is 2. The maximum absolute atomic E-state index is 4.99. The first-order valence-electron chi connectivity index (χ1n) is 11.0. The van der Waals surface area contributed by atoms with Gasteiger partial charge in [0.2, 0.25) is 5.36 Å². The third kappa shape index (κ3) is 5.57. The van der Waals surface area contributed by atoms with Gasteiger partial charge in [0.05, 0.1) is 20.8 Å². The van der Waals surface area contributed by atoms with E-state index in [1.165, 1.54) is 71.1 Å². The second-order valence-electron chi connectivity index (χ2n) is 8.47. The Labute approximate surface area is 180 Å². The Morgan fingerprint density at radius 3 is 2.34 bits per heavy atom. The van der Waals surface area contributed by atoms with E-state index in [1.807, 2.05) is 11.3 Å². The van der Waals surface area contributed by atoms with Crippen molar-refractivity contribution in [2.24, 2.45) is 0 Å². The van der Waals surface area contributed by atoms with Gasteiger partial charge in [0.15, 0.2) is 0 Å². The van der Waals surface area contributed by atoms with Crippen LogP contribution in [-0.4, -0.2) is 33.2 Å². The molecule has 1 aromatic rings. The average molecular weight is 411 g/mol. The van der Waals surface area contributed by atoms with E-state index in [4.69, 9.17) is 4.98 Å². The molecule has 3 nitrogen and oxygen atoms in total. The highest BCUT2D eigenvalue weighted by atomic mass is 32.1. The van der Waals surface area contributed by atoms with Crippen LogP contribution in [-0.2, 0) is 6.42 Å². The third-order valence-corrected chi connectivity index (χ3v) is 6.71. The fourth-order valence-corrected chi connectivity index (χ4v) is 4.88. The number of anilines is 1. The van der Waals surface area contributed by atoms with Gasteiger partial charge in [-0.15, -0.1) is 11.3 Å². The van der Waals surface area contributed by atoms with Gasteiger partial charge in [-0.3, -0.25) is 0 Å². The molecule has 0 saturated carbocycles. The molecular weight excluding hydrogens is 374 g/mol. The predicted molar refractivity (Wildman–Crippen MR) is 129 cm³/mol. The molecule has 0 amide bonds. The van der Waals surface area contributed by atoms with E-state index in [0.29, 0.717) is 0 Å². The Morgan fingerprint density at radius 2 is 1.66 bits per heavy atom. The zero-order chi connectivity index (χ0) is 20.8. The van der Waals surface area contributed by atoms with Gasteiger partial charge < -0.3 is 4.90 Å². The molecule has 0 atom stereocenters. The van der Waals surface area contributed by atoms with E-state index in [-0.39, 0.29) is 0 Å². The summed E-state index contributed by atoms with van der Waals surface area (Å²) >= 11 is 1.85. The monoisotopic (exact) mass is 410 g/mol. The molecule has 3 rings (SSSR count). The maximum Gasteiger partial charge on any atom is 0.204 e. The van der Waals surface area contributed by atoms with Gasteiger partial charge in [0.1, 0.15) is 14.1 Å². The summed E-state index contributed by atoms with van der Waals surface area (Å²) in [5.74, 6) is 0. The van der Waals surface area contributed by atoms with Crippen molar-refractivity contribution in [3.63, 3.8) is 0 Å². The predicted octanol–water partition coefficient (Wildman–Crippen LogP) is 5.79. The molecule has 0 aromatic heterocycles. The molecule has 0 bridgehead atoms. The van der Waals surface area contributed by atoms with Gasteiger partial charge in [-0.25, -0.2) is 9.56 Å². The van der Waals surface area contributed by atoms with Crippen LogP contribution in [0.5, 0.6) is 0 Å². The molecule has 4 heteroatoms. The minimum Gasteiger partial charge on any atom is -0.378 e. The largest absolute Gasteiger partial charge is 0.378 e. The molecule has 1 heterocycles. The van der Waals surface area contributed by atoms with Crippen LogP contribution in [0.15, 0.2) is 30.3 Å².